The molecule has 0 radical (unpaired) electrons. The minimum atomic E-state index is 0.146. The van der Waals surface area contributed by atoms with Crippen LogP contribution in [0.4, 0.5) is 0 Å². The fraction of sp³-hybridized carbons (Fsp3) is 0.500. The molecular weight excluding hydrogens is 256 g/mol. The lowest BCUT2D eigenvalue weighted by Crippen LogP contribution is -2.30. The third kappa shape index (κ3) is 3.23. The van der Waals surface area contributed by atoms with Gasteiger partial charge in [-0.1, -0.05) is 13.8 Å². The monoisotopic (exact) mass is 278 g/mol. The summed E-state index contributed by atoms with van der Waals surface area (Å²) in [4.78, 5) is 5.79. The van der Waals surface area contributed by atoms with Crippen LogP contribution in [0.1, 0.15) is 42.6 Å². The molecule has 0 aliphatic heterocycles. The standard InChI is InChI=1S/C14H22N4S/c1-3-7-18-8-6-16-13(18)10-12(17-15)14-11(4-2)5-9-19-14/h5-6,8-9,12,17H,3-4,7,10,15H2,1-2H3. The summed E-state index contributed by atoms with van der Waals surface area (Å²) in [6.07, 6.45) is 6.90. The fourth-order valence-corrected chi connectivity index (χ4v) is 3.39. The van der Waals surface area contributed by atoms with Crippen molar-refractivity contribution in [1.29, 1.82) is 0 Å². The summed E-state index contributed by atoms with van der Waals surface area (Å²) in [7, 11) is 0. The molecule has 19 heavy (non-hydrogen) atoms. The number of aryl methyl sites for hydroxylation is 2. The molecule has 0 saturated carbocycles. The topological polar surface area (TPSA) is 55.9 Å². The number of nitrogens with one attached hydrogen (secondary N) is 1. The summed E-state index contributed by atoms with van der Waals surface area (Å²) < 4.78 is 2.21. The van der Waals surface area contributed by atoms with Crippen LogP contribution in [0, 0.1) is 0 Å². The van der Waals surface area contributed by atoms with E-state index < -0.39 is 0 Å². The number of nitrogens with two attached hydrogens (primary N) is 1. The molecule has 0 aliphatic carbocycles. The van der Waals surface area contributed by atoms with Crippen LogP contribution in [-0.4, -0.2) is 9.55 Å². The quantitative estimate of drug-likeness (QED) is 0.605. The molecule has 0 saturated heterocycles. The third-order valence-corrected chi connectivity index (χ3v) is 4.41. The van der Waals surface area contributed by atoms with E-state index in [9.17, 15) is 0 Å². The molecule has 1 atom stereocenters. The first-order chi connectivity index (χ1) is 9.30. The van der Waals surface area contributed by atoms with Gasteiger partial charge in [0.25, 0.3) is 0 Å². The van der Waals surface area contributed by atoms with E-state index in [1.807, 2.05) is 12.4 Å². The van der Waals surface area contributed by atoms with Gasteiger partial charge in [-0.25, -0.2) is 4.98 Å². The lowest BCUT2D eigenvalue weighted by atomic mass is 10.1. The molecule has 0 aliphatic rings. The van der Waals surface area contributed by atoms with E-state index in [-0.39, 0.29) is 6.04 Å². The van der Waals surface area contributed by atoms with Crippen LogP contribution in [0.25, 0.3) is 0 Å². The normalized spacial score (nSPS) is 12.8. The van der Waals surface area contributed by atoms with E-state index >= 15 is 0 Å². The van der Waals surface area contributed by atoms with Crippen molar-refractivity contribution >= 4 is 11.3 Å². The van der Waals surface area contributed by atoms with Crippen LogP contribution >= 0.6 is 11.3 Å². The molecule has 0 spiro atoms. The van der Waals surface area contributed by atoms with E-state index in [0.29, 0.717) is 0 Å². The zero-order valence-electron chi connectivity index (χ0n) is 11.6. The molecule has 2 aromatic rings. The molecule has 104 valence electrons. The maximum atomic E-state index is 5.75. The summed E-state index contributed by atoms with van der Waals surface area (Å²) in [5.41, 5.74) is 4.32. The molecule has 1 unspecified atom stereocenters. The highest BCUT2D eigenvalue weighted by atomic mass is 32.1. The second-order valence-electron chi connectivity index (χ2n) is 4.62. The molecule has 3 N–H and O–H groups in total. The highest BCUT2D eigenvalue weighted by Crippen LogP contribution is 2.27. The summed E-state index contributed by atoms with van der Waals surface area (Å²) in [6, 6.07) is 2.33. The fourth-order valence-electron chi connectivity index (χ4n) is 2.33. The Kier molecular flexibility index (Phi) is 5.13. The van der Waals surface area contributed by atoms with E-state index in [0.717, 1.165) is 31.6 Å². The highest BCUT2D eigenvalue weighted by Gasteiger charge is 2.17. The summed E-state index contributed by atoms with van der Waals surface area (Å²) in [5.74, 6) is 6.85. The Morgan fingerprint density at radius 1 is 1.47 bits per heavy atom. The van der Waals surface area contributed by atoms with E-state index in [2.05, 4.69) is 40.3 Å². The first kappa shape index (κ1) is 14.2. The predicted molar refractivity (Wildman–Crippen MR) is 80.0 cm³/mol. The SMILES string of the molecule is CCCn1ccnc1CC(NN)c1sccc1CC. The van der Waals surface area contributed by atoms with Gasteiger partial charge in [0, 0.05) is 30.2 Å². The zero-order valence-corrected chi connectivity index (χ0v) is 12.4. The van der Waals surface area contributed by atoms with E-state index in [1.165, 1.54) is 10.4 Å². The lowest BCUT2D eigenvalue weighted by Gasteiger charge is -2.17. The van der Waals surface area contributed by atoms with Crippen LogP contribution in [0.5, 0.6) is 0 Å². The van der Waals surface area contributed by atoms with Crippen LogP contribution in [0.3, 0.4) is 0 Å². The maximum absolute atomic E-state index is 5.75. The van der Waals surface area contributed by atoms with Crippen molar-refractivity contribution in [3.63, 3.8) is 0 Å². The Balaban J connectivity index is 2.17. The van der Waals surface area contributed by atoms with Gasteiger partial charge in [-0.15, -0.1) is 11.3 Å². The molecule has 0 fully saturated rings. The molecule has 0 bridgehead atoms. The molecule has 0 aromatic carbocycles. The number of nitrogens with zero attached hydrogens (tertiary/aromatic N) is 2. The summed E-state index contributed by atoms with van der Waals surface area (Å²) in [5, 5.41) is 2.14. The largest absolute Gasteiger partial charge is 0.335 e. The minimum Gasteiger partial charge on any atom is -0.335 e. The van der Waals surface area contributed by atoms with Gasteiger partial charge in [-0.3, -0.25) is 11.3 Å². The molecular formula is C14H22N4S. The van der Waals surface area contributed by atoms with Gasteiger partial charge in [-0.05, 0) is 29.9 Å². The van der Waals surface area contributed by atoms with Crippen molar-refractivity contribution in [1.82, 2.24) is 15.0 Å². The maximum Gasteiger partial charge on any atom is 0.110 e. The molecule has 4 nitrogen and oxygen atoms in total. The molecule has 2 rings (SSSR count). The van der Waals surface area contributed by atoms with Crippen molar-refractivity contribution in [3.8, 4) is 0 Å². The molecule has 2 aromatic heterocycles. The van der Waals surface area contributed by atoms with Crippen LogP contribution in [0.15, 0.2) is 23.8 Å². The van der Waals surface area contributed by atoms with Gasteiger partial charge in [0.2, 0.25) is 0 Å². The first-order valence-corrected chi connectivity index (χ1v) is 7.70. The number of imidazole rings is 1. The van der Waals surface area contributed by atoms with Gasteiger partial charge in [0.15, 0.2) is 0 Å². The van der Waals surface area contributed by atoms with Gasteiger partial charge in [0.05, 0.1) is 6.04 Å². The van der Waals surface area contributed by atoms with E-state index in [1.54, 1.807) is 11.3 Å². The van der Waals surface area contributed by atoms with Crippen LogP contribution in [-0.2, 0) is 19.4 Å². The Labute approximate surface area is 118 Å². The Hall–Kier alpha value is -1.17. The second-order valence-corrected chi connectivity index (χ2v) is 5.57. The van der Waals surface area contributed by atoms with Crippen molar-refractivity contribution in [2.75, 3.05) is 0 Å². The Morgan fingerprint density at radius 2 is 2.32 bits per heavy atom. The smallest absolute Gasteiger partial charge is 0.110 e. The van der Waals surface area contributed by atoms with Crippen LogP contribution in [0.2, 0.25) is 0 Å². The average Bonchev–Trinajstić information content (AvgIpc) is 3.05. The number of hydrogen-bond acceptors (Lipinski definition) is 4. The van der Waals surface area contributed by atoms with Crippen molar-refractivity contribution < 1.29 is 0 Å². The highest BCUT2D eigenvalue weighted by molar-refractivity contribution is 7.10. The Bertz CT molecular complexity index is 503. The molecule has 2 heterocycles. The van der Waals surface area contributed by atoms with Crippen LogP contribution < -0.4 is 11.3 Å². The molecule has 0 amide bonds. The lowest BCUT2D eigenvalue weighted by molar-refractivity contribution is 0.521. The third-order valence-electron chi connectivity index (χ3n) is 3.33. The zero-order chi connectivity index (χ0) is 13.7. The predicted octanol–water partition coefficient (Wildman–Crippen LogP) is 2.66. The number of aromatic nitrogens is 2. The molecule has 5 heteroatoms. The van der Waals surface area contributed by atoms with Crippen molar-refractivity contribution in [3.05, 3.63) is 40.1 Å². The Morgan fingerprint density at radius 3 is 3.00 bits per heavy atom. The summed E-state index contributed by atoms with van der Waals surface area (Å²) in [6.45, 7) is 5.37. The summed E-state index contributed by atoms with van der Waals surface area (Å²) >= 11 is 1.77. The minimum absolute atomic E-state index is 0.146. The van der Waals surface area contributed by atoms with Gasteiger partial charge in [-0.2, -0.15) is 0 Å². The average molecular weight is 278 g/mol. The second kappa shape index (κ2) is 6.84. The van der Waals surface area contributed by atoms with Gasteiger partial charge >= 0.3 is 0 Å². The number of thiophene rings is 1. The van der Waals surface area contributed by atoms with E-state index in [4.69, 9.17) is 5.84 Å². The number of hydrazine groups is 1. The van der Waals surface area contributed by atoms with Crippen molar-refractivity contribution in [2.24, 2.45) is 5.84 Å². The van der Waals surface area contributed by atoms with Gasteiger partial charge < -0.3 is 4.57 Å². The van der Waals surface area contributed by atoms with Gasteiger partial charge in [0.1, 0.15) is 5.82 Å². The van der Waals surface area contributed by atoms with Crippen molar-refractivity contribution in [2.45, 2.75) is 45.7 Å². The number of rotatable bonds is 7. The first-order valence-electron chi connectivity index (χ1n) is 6.82. The number of hydrogen-bond donors (Lipinski definition) is 2.